The summed E-state index contributed by atoms with van der Waals surface area (Å²) in [6.07, 6.45) is 0. The van der Waals surface area contributed by atoms with Crippen LogP contribution in [-0.2, 0) is 12.6 Å². The minimum Gasteiger partial charge on any atom is -0.760 e. The predicted molar refractivity (Wildman–Crippen MR) is 43.7 cm³/mol. The summed E-state index contributed by atoms with van der Waals surface area (Å²) in [5.74, 6) is -1.26. The maximum atomic E-state index is 10.5. The van der Waals surface area contributed by atoms with Crippen molar-refractivity contribution in [2.45, 2.75) is 18.9 Å². The van der Waals surface area contributed by atoms with E-state index < -0.39 is 5.97 Å². The van der Waals surface area contributed by atoms with Crippen molar-refractivity contribution in [3.8, 4) is 0 Å². The van der Waals surface area contributed by atoms with Gasteiger partial charge in [0.05, 0.1) is 5.97 Å². The Morgan fingerprint density at radius 2 is 2.17 bits per heavy atom. The lowest BCUT2D eigenvalue weighted by atomic mass is 10.1. The topological polar surface area (TPSA) is 53.0 Å². The summed E-state index contributed by atoms with van der Waals surface area (Å²) in [6, 6.07) is 1.67. The standard InChI is InChI=1S/C8H9NO2S/c1-4-3-5(2)9-7(12)6(4)8(10)11/h3H,1-2H3,(H,9,12)(H,10,11)/p-2. The second-order valence-electron chi connectivity index (χ2n) is 2.55. The van der Waals surface area contributed by atoms with Gasteiger partial charge in [-0.2, -0.15) is 0 Å². The van der Waals surface area contributed by atoms with Crippen LogP contribution >= 0.6 is 0 Å². The van der Waals surface area contributed by atoms with Crippen molar-refractivity contribution in [3.63, 3.8) is 0 Å². The summed E-state index contributed by atoms with van der Waals surface area (Å²) >= 11 is 4.77. The minimum absolute atomic E-state index is 0.0237. The molecule has 0 radical (unpaired) electrons. The molecule has 0 atom stereocenters. The maximum absolute atomic E-state index is 10.5. The van der Waals surface area contributed by atoms with Crippen molar-refractivity contribution in [1.29, 1.82) is 0 Å². The average Bonchev–Trinajstić information content (AvgIpc) is 1.82. The van der Waals surface area contributed by atoms with Crippen LogP contribution in [0.3, 0.4) is 0 Å². The molecular weight excluding hydrogens is 174 g/mol. The normalized spacial score (nSPS) is 9.83. The van der Waals surface area contributed by atoms with Gasteiger partial charge in [0.1, 0.15) is 0 Å². The molecule has 0 spiro atoms. The molecule has 0 saturated carbocycles. The number of rotatable bonds is 1. The Labute approximate surface area is 75.9 Å². The minimum atomic E-state index is -1.26. The van der Waals surface area contributed by atoms with Gasteiger partial charge in [-0.25, -0.2) is 0 Å². The highest BCUT2D eigenvalue weighted by Crippen LogP contribution is 2.11. The SMILES string of the molecule is Cc1cc(C)c(C(=O)[O-])c([S-])n1. The Balaban J connectivity index is 3.38. The molecule has 0 bridgehead atoms. The van der Waals surface area contributed by atoms with E-state index in [0.29, 0.717) is 5.56 Å². The van der Waals surface area contributed by atoms with E-state index in [-0.39, 0.29) is 10.6 Å². The van der Waals surface area contributed by atoms with Crippen molar-refractivity contribution >= 4 is 18.6 Å². The van der Waals surface area contributed by atoms with E-state index in [9.17, 15) is 9.90 Å². The lowest BCUT2D eigenvalue weighted by molar-refractivity contribution is -0.255. The van der Waals surface area contributed by atoms with E-state index in [2.05, 4.69) is 4.98 Å². The Morgan fingerprint density at radius 3 is 2.58 bits per heavy atom. The second-order valence-corrected chi connectivity index (χ2v) is 2.93. The molecule has 4 heteroatoms. The summed E-state index contributed by atoms with van der Waals surface area (Å²) in [7, 11) is 0. The average molecular weight is 181 g/mol. The van der Waals surface area contributed by atoms with Crippen LogP contribution in [0.25, 0.3) is 0 Å². The number of nitrogens with zero attached hydrogens (tertiary/aromatic N) is 1. The Kier molecular flexibility index (Phi) is 2.28. The van der Waals surface area contributed by atoms with E-state index in [1.165, 1.54) is 0 Å². The summed E-state index contributed by atoms with van der Waals surface area (Å²) in [5.41, 5.74) is 1.35. The van der Waals surface area contributed by atoms with Crippen LogP contribution in [0, 0.1) is 13.8 Å². The Bertz CT molecular complexity index is 313. The highest BCUT2D eigenvalue weighted by molar-refractivity contribution is 7.58. The van der Waals surface area contributed by atoms with Gasteiger partial charge >= 0.3 is 0 Å². The maximum Gasteiger partial charge on any atom is 0.0717 e. The number of carbonyl (C=O) groups is 1. The first-order valence-corrected chi connectivity index (χ1v) is 3.80. The van der Waals surface area contributed by atoms with Gasteiger partial charge in [0.2, 0.25) is 0 Å². The molecule has 1 heterocycles. The number of pyridine rings is 1. The van der Waals surface area contributed by atoms with Gasteiger partial charge in [-0.15, -0.1) is 0 Å². The van der Waals surface area contributed by atoms with Gasteiger partial charge in [0, 0.05) is 5.69 Å². The molecule has 0 aliphatic rings. The number of hydrogen-bond acceptors (Lipinski definition) is 4. The molecule has 0 N–H and O–H groups in total. The van der Waals surface area contributed by atoms with E-state index in [4.69, 9.17) is 12.6 Å². The third-order valence-electron chi connectivity index (χ3n) is 1.52. The molecule has 0 aliphatic heterocycles. The first kappa shape index (κ1) is 8.93. The fourth-order valence-corrected chi connectivity index (χ4v) is 1.44. The molecule has 0 fully saturated rings. The fourth-order valence-electron chi connectivity index (χ4n) is 1.05. The third kappa shape index (κ3) is 1.53. The number of carboxylic acid groups (broad SMARTS) is 1. The van der Waals surface area contributed by atoms with Gasteiger partial charge in [-0.3, -0.25) is 4.98 Å². The number of aryl methyl sites for hydroxylation is 2. The summed E-state index contributed by atoms with van der Waals surface area (Å²) < 4.78 is 0. The molecule has 3 nitrogen and oxygen atoms in total. The van der Waals surface area contributed by atoms with E-state index >= 15 is 0 Å². The van der Waals surface area contributed by atoms with Crippen LogP contribution in [-0.4, -0.2) is 11.0 Å². The molecule has 0 unspecified atom stereocenters. The van der Waals surface area contributed by atoms with Gasteiger partial charge in [0.15, 0.2) is 0 Å². The first-order chi connectivity index (χ1) is 5.52. The van der Waals surface area contributed by atoms with Gasteiger partial charge in [-0.1, -0.05) is 5.03 Å². The zero-order chi connectivity index (χ0) is 9.30. The monoisotopic (exact) mass is 181 g/mol. The van der Waals surface area contributed by atoms with E-state index in [1.807, 2.05) is 0 Å². The van der Waals surface area contributed by atoms with E-state index in [0.717, 1.165) is 5.69 Å². The van der Waals surface area contributed by atoms with Crippen LogP contribution in [0.2, 0.25) is 0 Å². The van der Waals surface area contributed by atoms with Crippen LogP contribution in [0.5, 0.6) is 0 Å². The molecule has 1 aromatic rings. The highest BCUT2D eigenvalue weighted by Gasteiger charge is 2.00. The van der Waals surface area contributed by atoms with Crippen molar-refractivity contribution in [2.24, 2.45) is 0 Å². The van der Waals surface area contributed by atoms with Crippen molar-refractivity contribution in [1.82, 2.24) is 4.98 Å². The summed E-state index contributed by atoms with van der Waals surface area (Å²) in [4.78, 5) is 14.4. The van der Waals surface area contributed by atoms with Crippen molar-refractivity contribution in [3.05, 3.63) is 22.9 Å². The largest absolute Gasteiger partial charge is 0.760 e. The quantitative estimate of drug-likeness (QED) is 0.571. The van der Waals surface area contributed by atoms with Crippen LogP contribution < -0.4 is 5.11 Å². The van der Waals surface area contributed by atoms with Crippen molar-refractivity contribution in [2.75, 3.05) is 0 Å². The zero-order valence-electron chi connectivity index (χ0n) is 6.75. The van der Waals surface area contributed by atoms with Crippen LogP contribution in [0.1, 0.15) is 21.6 Å². The fraction of sp³-hybridized carbons (Fsp3) is 0.250. The predicted octanol–water partition coefficient (Wildman–Crippen LogP) is -0.0323. The van der Waals surface area contributed by atoms with Gasteiger partial charge < -0.3 is 22.5 Å². The van der Waals surface area contributed by atoms with Gasteiger partial charge in [-0.05, 0) is 31.0 Å². The Morgan fingerprint density at radius 1 is 1.58 bits per heavy atom. The molecule has 0 aromatic carbocycles. The van der Waals surface area contributed by atoms with Crippen LogP contribution in [0.15, 0.2) is 11.1 Å². The molecular formula is C8H7NO2S-2. The number of carboxylic acids is 1. The molecule has 0 saturated heterocycles. The summed E-state index contributed by atoms with van der Waals surface area (Å²) in [5, 5.41) is 10.6. The third-order valence-corrected chi connectivity index (χ3v) is 1.81. The molecule has 0 amide bonds. The number of aromatic nitrogens is 1. The number of carbonyl (C=O) groups excluding carboxylic acids is 1. The molecule has 64 valence electrons. The smallest absolute Gasteiger partial charge is 0.0717 e. The highest BCUT2D eigenvalue weighted by atomic mass is 32.1. The second kappa shape index (κ2) is 3.06. The van der Waals surface area contributed by atoms with E-state index in [1.54, 1.807) is 19.9 Å². The molecule has 0 aliphatic carbocycles. The summed E-state index contributed by atoms with van der Waals surface area (Å²) in [6.45, 7) is 3.44. The first-order valence-electron chi connectivity index (χ1n) is 3.39. The number of aromatic carboxylic acids is 1. The molecule has 1 aromatic heterocycles. The molecule has 1 rings (SSSR count). The molecule has 12 heavy (non-hydrogen) atoms. The van der Waals surface area contributed by atoms with Crippen molar-refractivity contribution < 1.29 is 9.90 Å². The zero-order valence-corrected chi connectivity index (χ0v) is 7.57. The number of hydrogen-bond donors (Lipinski definition) is 0. The van der Waals surface area contributed by atoms with Crippen LogP contribution in [0.4, 0.5) is 0 Å². The lowest BCUT2D eigenvalue weighted by Gasteiger charge is -2.16. The van der Waals surface area contributed by atoms with Gasteiger partial charge in [0.25, 0.3) is 0 Å². The Hall–Kier alpha value is -1.16. The lowest BCUT2D eigenvalue weighted by Crippen LogP contribution is -2.24.